The Labute approximate surface area is 218 Å². The maximum absolute atomic E-state index is 15.8. The molecular formula is C27H30F2N6O2. The molecule has 37 heavy (non-hydrogen) atoms. The van der Waals surface area contributed by atoms with Crippen molar-refractivity contribution in [1.29, 1.82) is 0 Å². The molecule has 3 aromatic rings. The van der Waals surface area contributed by atoms with Crippen molar-refractivity contribution in [3.8, 4) is 34.0 Å². The predicted octanol–water partition coefficient (Wildman–Crippen LogP) is 4.43. The van der Waals surface area contributed by atoms with E-state index in [1.165, 1.54) is 18.3 Å². The molecule has 1 saturated carbocycles. The van der Waals surface area contributed by atoms with Crippen LogP contribution in [0.25, 0.3) is 22.4 Å². The third-order valence-corrected chi connectivity index (χ3v) is 7.95. The van der Waals surface area contributed by atoms with Crippen LogP contribution in [-0.4, -0.2) is 61.6 Å². The van der Waals surface area contributed by atoms with Crippen LogP contribution in [0.5, 0.6) is 11.6 Å². The molecule has 6 rings (SSSR count). The molecule has 1 aliphatic carbocycles. The van der Waals surface area contributed by atoms with Gasteiger partial charge in [-0.3, -0.25) is 0 Å². The van der Waals surface area contributed by atoms with E-state index in [1.807, 2.05) is 11.8 Å². The number of halogens is 2. The lowest BCUT2D eigenvalue weighted by Gasteiger charge is -2.48. The molecule has 2 N–H and O–H groups in total. The Bertz CT molecular complexity index is 1440. The van der Waals surface area contributed by atoms with Gasteiger partial charge in [0, 0.05) is 34.8 Å². The summed E-state index contributed by atoms with van der Waals surface area (Å²) in [4.78, 5) is 10.0. The van der Waals surface area contributed by atoms with Crippen molar-refractivity contribution in [2.75, 3.05) is 11.9 Å². The van der Waals surface area contributed by atoms with E-state index < -0.39 is 30.6 Å². The average molecular weight is 512 g/mol. The molecule has 3 aliphatic rings. The number of anilines is 1. The molecule has 4 heterocycles. The van der Waals surface area contributed by atoms with Crippen molar-refractivity contribution < 1.29 is 22.7 Å². The molecule has 2 aromatic heterocycles. The van der Waals surface area contributed by atoms with E-state index in [1.54, 1.807) is 12.1 Å². The minimum absolute atomic E-state index is 0.132. The largest absolute Gasteiger partial charge is 0.507 e. The van der Waals surface area contributed by atoms with Gasteiger partial charge in [0.1, 0.15) is 17.6 Å². The number of aromatic nitrogens is 4. The average Bonchev–Trinajstić information content (AvgIpc) is 3.66. The summed E-state index contributed by atoms with van der Waals surface area (Å²) in [7, 11) is -2.79. The second-order valence-electron chi connectivity index (χ2n) is 10.9. The Morgan fingerprint density at radius 3 is 2.70 bits per heavy atom. The van der Waals surface area contributed by atoms with Crippen LogP contribution in [0.3, 0.4) is 0 Å². The third-order valence-electron chi connectivity index (χ3n) is 7.95. The molecule has 2 aliphatic heterocycles. The first-order valence-electron chi connectivity index (χ1n) is 13.9. The predicted molar refractivity (Wildman–Crippen MR) is 135 cm³/mol. The van der Waals surface area contributed by atoms with Gasteiger partial charge in [-0.25, -0.2) is 9.37 Å². The fourth-order valence-electron chi connectivity index (χ4n) is 6.00. The summed E-state index contributed by atoms with van der Waals surface area (Å²) in [5.74, 6) is -1.11. The lowest BCUT2D eigenvalue weighted by molar-refractivity contribution is 0.0828. The summed E-state index contributed by atoms with van der Waals surface area (Å²) < 4.78 is 56.3. The van der Waals surface area contributed by atoms with Crippen molar-refractivity contribution in [1.82, 2.24) is 25.5 Å². The highest BCUT2D eigenvalue weighted by molar-refractivity contribution is 5.74. The van der Waals surface area contributed by atoms with Gasteiger partial charge in [-0.15, -0.1) is 10.2 Å². The number of hydrogen-bond acceptors (Lipinski definition) is 8. The van der Waals surface area contributed by atoms with Crippen molar-refractivity contribution in [3.63, 3.8) is 0 Å². The van der Waals surface area contributed by atoms with Crippen molar-refractivity contribution in [2.24, 2.45) is 0 Å². The van der Waals surface area contributed by atoms with Gasteiger partial charge >= 0.3 is 0 Å². The van der Waals surface area contributed by atoms with Gasteiger partial charge in [0.2, 0.25) is 17.8 Å². The molecule has 10 heteroatoms. The van der Waals surface area contributed by atoms with E-state index >= 15 is 4.39 Å². The highest BCUT2D eigenvalue weighted by Gasteiger charge is 2.58. The van der Waals surface area contributed by atoms with Gasteiger partial charge in [0.05, 0.1) is 23.4 Å². The highest BCUT2D eigenvalue weighted by Crippen LogP contribution is 2.47. The number of ether oxygens (including phenoxy) is 1. The number of fused-ring (bicyclic) bond motifs is 2. The maximum atomic E-state index is 15.8. The van der Waals surface area contributed by atoms with E-state index in [2.05, 4.69) is 32.4 Å². The first kappa shape index (κ1) is 20.6. The molecule has 194 valence electrons. The number of phenolic OH excluding ortho intramolecular Hbond substituents is 1. The standard InChI is InChI=1S/C27H30F2N6O2/c1-26-8-9-27(2,34-26)24(29)20(13-26)35(17-5-6-17)25-30-14-19(32-33-25)18-7-4-15(10-21(18)36)16-11-22(28)31-23(12-16)37-3/h4,7,10-12,14,17,20,24,34,36H,5-6,8-9,13H2,1-3H3/t20-,24-,26-,27+/m0/s1/i3D3. The third kappa shape index (κ3) is 4.27. The number of rotatable bonds is 6. The van der Waals surface area contributed by atoms with Crippen LogP contribution in [0.4, 0.5) is 14.7 Å². The molecule has 0 spiro atoms. The van der Waals surface area contributed by atoms with Gasteiger partial charge in [0.15, 0.2) is 0 Å². The van der Waals surface area contributed by atoms with Crippen LogP contribution < -0.4 is 15.0 Å². The Balaban J connectivity index is 1.26. The number of nitrogens with zero attached hydrogens (tertiary/aromatic N) is 5. The smallest absolute Gasteiger partial charge is 0.245 e. The van der Waals surface area contributed by atoms with E-state index in [4.69, 9.17) is 8.85 Å². The van der Waals surface area contributed by atoms with Gasteiger partial charge in [0.25, 0.3) is 0 Å². The quantitative estimate of drug-likeness (QED) is 0.469. The van der Waals surface area contributed by atoms with Crippen LogP contribution in [0.2, 0.25) is 0 Å². The Kier molecular flexibility index (Phi) is 4.78. The Morgan fingerprint density at radius 1 is 1.16 bits per heavy atom. The number of nitrogens with one attached hydrogen (secondary N) is 1. The fraction of sp³-hybridized carbons (Fsp3) is 0.481. The van der Waals surface area contributed by atoms with Gasteiger partial charge in [-0.1, -0.05) is 6.07 Å². The zero-order valence-corrected chi connectivity index (χ0v) is 20.6. The minimum atomic E-state index is -2.79. The SMILES string of the molecule is [2H]C([2H])([2H])Oc1cc(-c2ccc(-c3cnc(N(C4CC4)[C@H]4C[C@]5(C)CC[C@@](C)(N5)[C@H]4F)nn3)c(O)c2)cc(F)n1. The summed E-state index contributed by atoms with van der Waals surface area (Å²) in [5.41, 5.74) is 0.637. The summed E-state index contributed by atoms with van der Waals surface area (Å²) in [5, 5.41) is 23.0. The summed E-state index contributed by atoms with van der Waals surface area (Å²) >= 11 is 0. The summed E-state index contributed by atoms with van der Waals surface area (Å²) in [6.07, 6.45) is 4.69. The van der Waals surface area contributed by atoms with Crippen LogP contribution in [0.15, 0.2) is 36.5 Å². The van der Waals surface area contributed by atoms with Crippen molar-refractivity contribution >= 4 is 5.95 Å². The van der Waals surface area contributed by atoms with E-state index in [9.17, 15) is 9.50 Å². The molecule has 2 bridgehead atoms. The number of aromatic hydroxyl groups is 1. The zero-order valence-electron chi connectivity index (χ0n) is 23.6. The van der Waals surface area contributed by atoms with E-state index in [0.29, 0.717) is 29.2 Å². The second kappa shape index (κ2) is 8.58. The lowest BCUT2D eigenvalue weighted by Crippen LogP contribution is -2.66. The van der Waals surface area contributed by atoms with Crippen LogP contribution in [0, 0.1) is 5.95 Å². The number of alkyl halides is 1. The molecule has 3 fully saturated rings. The van der Waals surface area contributed by atoms with Gasteiger partial charge in [-0.2, -0.15) is 9.37 Å². The Hall–Kier alpha value is -3.40. The number of benzene rings is 1. The van der Waals surface area contributed by atoms with E-state index in [-0.39, 0.29) is 28.9 Å². The molecule has 8 nitrogen and oxygen atoms in total. The molecule has 2 saturated heterocycles. The molecule has 4 atom stereocenters. The normalized spacial score (nSPS) is 30.3. The number of methoxy groups -OCH3 is 1. The summed E-state index contributed by atoms with van der Waals surface area (Å²) in [6.45, 7) is 4.11. The molecular weight excluding hydrogens is 478 g/mol. The number of phenols is 1. The van der Waals surface area contributed by atoms with Gasteiger partial charge in [-0.05, 0) is 69.2 Å². The molecule has 0 amide bonds. The van der Waals surface area contributed by atoms with Gasteiger partial charge < -0.3 is 20.1 Å². The lowest BCUT2D eigenvalue weighted by atomic mass is 9.82. The maximum Gasteiger partial charge on any atom is 0.245 e. The molecule has 0 unspecified atom stereocenters. The number of pyridine rings is 1. The van der Waals surface area contributed by atoms with Crippen molar-refractivity contribution in [3.05, 3.63) is 42.5 Å². The van der Waals surface area contributed by atoms with Crippen LogP contribution in [-0.2, 0) is 0 Å². The number of hydrogen-bond donors (Lipinski definition) is 2. The van der Waals surface area contributed by atoms with Crippen LogP contribution in [0.1, 0.15) is 50.1 Å². The Morgan fingerprint density at radius 2 is 2.00 bits per heavy atom. The first-order chi connectivity index (χ1) is 18.8. The monoisotopic (exact) mass is 511 g/mol. The molecule has 0 radical (unpaired) electrons. The number of piperidine rings is 1. The fourth-order valence-corrected chi connectivity index (χ4v) is 6.00. The highest BCUT2D eigenvalue weighted by atomic mass is 19.1. The molecule has 1 aromatic carbocycles. The second-order valence-corrected chi connectivity index (χ2v) is 10.9. The van der Waals surface area contributed by atoms with Crippen LogP contribution >= 0.6 is 0 Å². The summed E-state index contributed by atoms with van der Waals surface area (Å²) in [6, 6.07) is 6.80. The zero-order chi connectivity index (χ0) is 28.4. The van der Waals surface area contributed by atoms with E-state index in [0.717, 1.165) is 31.7 Å². The van der Waals surface area contributed by atoms with Crippen molar-refractivity contribution in [2.45, 2.75) is 75.3 Å². The first-order valence-corrected chi connectivity index (χ1v) is 12.4. The minimum Gasteiger partial charge on any atom is -0.507 e. The topological polar surface area (TPSA) is 96.3 Å².